The normalized spacial score (nSPS) is 10.3. The molecular formula is C16H14N4O3. The number of ether oxygens (including phenoxy) is 1. The third-order valence-electron chi connectivity index (χ3n) is 3.20. The Hall–Kier alpha value is -3.35. The lowest BCUT2D eigenvalue weighted by atomic mass is 10.1. The van der Waals surface area contributed by atoms with Crippen LogP contribution in [0.2, 0.25) is 0 Å². The average molecular weight is 310 g/mol. The molecule has 7 nitrogen and oxygen atoms in total. The van der Waals surface area contributed by atoms with Gasteiger partial charge < -0.3 is 20.3 Å². The van der Waals surface area contributed by atoms with E-state index in [9.17, 15) is 4.79 Å². The lowest BCUT2D eigenvalue weighted by molar-refractivity contribution is 0.102. The van der Waals surface area contributed by atoms with Crippen LogP contribution in [0.15, 0.2) is 53.2 Å². The number of nitrogens with two attached hydrogens (primary N) is 1. The second kappa shape index (κ2) is 6.18. The van der Waals surface area contributed by atoms with Crippen LogP contribution in [0.1, 0.15) is 10.4 Å². The number of pyridine rings is 1. The van der Waals surface area contributed by atoms with Crippen molar-refractivity contribution in [2.24, 2.45) is 0 Å². The van der Waals surface area contributed by atoms with Gasteiger partial charge in [0.05, 0.1) is 7.11 Å². The molecule has 0 aliphatic heterocycles. The number of hydrogen-bond acceptors (Lipinski definition) is 6. The van der Waals surface area contributed by atoms with E-state index in [1.807, 2.05) is 18.2 Å². The first-order valence-electron chi connectivity index (χ1n) is 6.81. The number of benzene rings is 1. The number of hydrogen-bond donors (Lipinski definition) is 2. The molecule has 1 aromatic carbocycles. The van der Waals surface area contributed by atoms with Crippen LogP contribution in [0.4, 0.5) is 11.6 Å². The maximum absolute atomic E-state index is 12.5. The number of carbonyl (C=O) groups is 1. The first-order chi connectivity index (χ1) is 11.2. The minimum Gasteiger partial charge on any atom is -0.481 e. The lowest BCUT2D eigenvalue weighted by Crippen LogP contribution is -2.13. The van der Waals surface area contributed by atoms with Crippen molar-refractivity contribution >= 4 is 17.5 Å². The SMILES string of the molecule is COc1ccc(-c2noc(N)c2C(=O)Nc2ccccc2)cn1. The molecule has 7 heteroatoms. The van der Waals surface area contributed by atoms with Gasteiger partial charge >= 0.3 is 0 Å². The Kier molecular flexibility index (Phi) is 3.92. The molecule has 0 spiro atoms. The predicted molar refractivity (Wildman–Crippen MR) is 85.1 cm³/mol. The maximum atomic E-state index is 12.5. The Morgan fingerprint density at radius 2 is 2.00 bits per heavy atom. The van der Waals surface area contributed by atoms with Gasteiger partial charge in [-0.15, -0.1) is 0 Å². The highest BCUT2D eigenvalue weighted by Crippen LogP contribution is 2.28. The highest BCUT2D eigenvalue weighted by Gasteiger charge is 2.22. The summed E-state index contributed by atoms with van der Waals surface area (Å²) in [5, 5.41) is 6.62. The molecule has 0 atom stereocenters. The topological polar surface area (TPSA) is 103 Å². The van der Waals surface area contributed by atoms with Gasteiger partial charge in [-0.1, -0.05) is 23.4 Å². The van der Waals surface area contributed by atoms with E-state index in [1.165, 1.54) is 13.3 Å². The van der Waals surface area contributed by atoms with Crippen molar-refractivity contribution in [1.29, 1.82) is 0 Å². The van der Waals surface area contributed by atoms with Crippen molar-refractivity contribution in [2.75, 3.05) is 18.2 Å². The second-order valence-corrected chi connectivity index (χ2v) is 4.68. The molecule has 3 aromatic rings. The predicted octanol–water partition coefficient (Wildman–Crippen LogP) is 2.58. The summed E-state index contributed by atoms with van der Waals surface area (Å²) in [7, 11) is 1.52. The van der Waals surface area contributed by atoms with E-state index in [4.69, 9.17) is 15.0 Å². The zero-order chi connectivity index (χ0) is 16.2. The molecule has 23 heavy (non-hydrogen) atoms. The van der Waals surface area contributed by atoms with Crippen molar-refractivity contribution in [3.63, 3.8) is 0 Å². The molecule has 0 unspecified atom stereocenters. The third-order valence-corrected chi connectivity index (χ3v) is 3.20. The molecule has 3 N–H and O–H groups in total. The average Bonchev–Trinajstić information content (AvgIpc) is 2.97. The summed E-state index contributed by atoms with van der Waals surface area (Å²) in [4.78, 5) is 16.6. The summed E-state index contributed by atoms with van der Waals surface area (Å²) < 4.78 is 9.98. The van der Waals surface area contributed by atoms with E-state index in [-0.39, 0.29) is 11.4 Å². The van der Waals surface area contributed by atoms with Gasteiger partial charge in [-0.2, -0.15) is 0 Å². The fraction of sp³-hybridized carbons (Fsp3) is 0.0625. The molecule has 3 rings (SSSR count). The summed E-state index contributed by atoms with van der Waals surface area (Å²) in [6.07, 6.45) is 1.54. The number of amides is 1. The molecule has 116 valence electrons. The number of nitrogens with one attached hydrogen (secondary N) is 1. The van der Waals surface area contributed by atoms with Crippen LogP contribution in [0, 0.1) is 0 Å². The summed E-state index contributed by atoms with van der Waals surface area (Å²) in [5.41, 5.74) is 7.50. The minimum absolute atomic E-state index is 0.0516. The Bertz CT molecular complexity index is 813. The zero-order valence-electron chi connectivity index (χ0n) is 12.3. The van der Waals surface area contributed by atoms with E-state index < -0.39 is 5.91 Å². The number of para-hydroxylation sites is 1. The highest BCUT2D eigenvalue weighted by molar-refractivity contribution is 6.10. The first kappa shape index (κ1) is 14.6. The third kappa shape index (κ3) is 2.98. The Balaban J connectivity index is 1.93. The largest absolute Gasteiger partial charge is 0.481 e. The summed E-state index contributed by atoms with van der Waals surface area (Å²) in [6, 6.07) is 12.4. The molecule has 0 bridgehead atoms. The molecule has 2 heterocycles. The van der Waals surface area contributed by atoms with Crippen molar-refractivity contribution in [3.05, 3.63) is 54.2 Å². The lowest BCUT2D eigenvalue weighted by Gasteiger charge is -2.05. The summed E-state index contributed by atoms with van der Waals surface area (Å²) in [5.74, 6) is 0.00511. The van der Waals surface area contributed by atoms with Crippen LogP contribution < -0.4 is 15.8 Å². The van der Waals surface area contributed by atoms with Gasteiger partial charge in [-0.3, -0.25) is 4.79 Å². The van der Waals surface area contributed by atoms with Crippen molar-refractivity contribution < 1.29 is 14.1 Å². The molecule has 1 amide bonds. The number of aromatic nitrogens is 2. The summed E-state index contributed by atoms with van der Waals surface area (Å²) in [6.45, 7) is 0. The number of rotatable bonds is 4. The standard InChI is InChI=1S/C16H14N4O3/c1-22-12-8-7-10(9-18-12)14-13(15(17)23-20-14)16(21)19-11-5-3-2-4-6-11/h2-9H,17H2,1H3,(H,19,21). The van der Waals surface area contributed by atoms with E-state index in [2.05, 4.69) is 15.5 Å². The monoisotopic (exact) mass is 310 g/mol. The Morgan fingerprint density at radius 3 is 2.65 bits per heavy atom. The Labute approximate surface area is 132 Å². The smallest absolute Gasteiger partial charge is 0.263 e. The van der Waals surface area contributed by atoms with Gasteiger partial charge in [0.25, 0.3) is 5.91 Å². The van der Waals surface area contributed by atoms with Crippen molar-refractivity contribution in [1.82, 2.24) is 10.1 Å². The molecule has 0 aliphatic carbocycles. The van der Waals surface area contributed by atoms with Crippen LogP contribution in [-0.4, -0.2) is 23.2 Å². The maximum Gasteiger partial charge on any atom is 0.263 e. The van der Waals surface area contributed by atoms with Gasteiger partial charge in [0.2, 0.25) is 11.8 Å². The first-order valence-corrected chi connectivity index (χ1v) is 6.81. The van der Waals surface area contributed by atoms with E-state index >= 15 is 0 Å². The van der Waals surface area contributed by atoms with Crippen LogP contribution in [0.5, 0.6) is 5.88 Å². The highest BCUT2D eigenvalue weighted by atomic mass is 16.5. The molecular weight excluding hydrogens is 296 g/mol. The number of nitrogens with zero attached hydrogens (tertiary/aromatic N) is 2. The zero-order valence-corrected chi connectivity index (χ0v) is 12.3. The van der Waals surface area contributed by atoms with Gasteiger partial charge in [-0.05, 0) is 18.2 Å². The van der Waals surface area contributed by atoms with Crippen LogP contribution >= 0.6 is 0 Å². The number of nitrogen functional groups attached to an aromatic ring is 1. The fourth-order valence-electron chi connectivity index (χ4n) is 2.08. The van der Waals surface area contributed by atoms with Crippen molar-refractivity contribution in [2.45, 2.75) is 0 Å². The molecule has 0 radical (unpaired) electrons. The Morgan fingerprint density at radius 1 is 1.22 bits per heavy atom. The van der Waals surface area contributed by atoms with E-state index in [0.717, 1.165) is 0 Å². The fourth-order valence-corrected chi connectivity index (χ4v) is 2.08. The molecule has 0 fully saturated rings. The van der Waals surface area contributed by atoms with E-state index in [0.29, 0.717) is 22.8 Å². The molecule has 0 saturated carbocycles. The molecule has 0 saturated heterocycles. The van der Waals surface area contributed by atoms with Gasteiger partial charge in [0.15, 0.2) is 0 Å². The van der Waals surface area contributed by atoms with Crippen LogP contribution in [-0.2, 0) is 0 Å². The van der Waals surface area contributed by atoms with Crippen LogP contribution in [0.25, 0.3) is 11.3 Å². The van der Waals surface area contributed by atoms with Gasteiger partial charge in [-0.25, -0.2) is 4.98 Å². The molecule has 2 aromatic heterocycles. The van der Waals surface area contributed by atoms with Crippen LogP contribution in [0.3, 0.4) is 0 Å². The number of carbonyl (C=O) groups excluding carboxylic acids is 1. The minimum atomic E-state index is -0.402. The van der Waals surface area contributed by atoms with E-state index in [1.54, 1.807) is 24.3 Å². The van der Waals surface area contributed by atoms with Gasteiger partial charge in [0.1, 0.15) is 11.3 Å². The quantitative estimate of drug-likeness (QED) is 0.767. The van der Waals surface area contributed by atoms with Gasteiger partial charge in [0, 0.05) is 23.5 Å². The second-order valence-electron chi connectivity index (χ2n) is 4.68. The summed E-state index contributed by atoms with van der Waals surface area (Å²) >= 11 is 0. The molecule has 0 aliphatic rings. The number of anilines is 2. The van der Waals surface area contributed by atoms with Crippen molar-refractivity contribution in [3.8, 4) is 17.1 Å². The number of methoxy groups -OCH3 is 1.